The molecule has 0 bridgehead atoms. The summed E-state index contributed by atoms with van der Waals surface area (Å²) in [6.07, 6.45) is 30.8. The van der Waals surface area contributed by atoms with Crippen molar-refractivity contribution in [1.29, 1.82) is 0 Å². The van der Waals surface area contributed by atoms with Gasteiger partial charge in [0.25, 0.3) is 0 Å². The maximum atomic E-state index is 12.8. The molecule has 0 aliphatic heterocycles. The quantitative estimate of drug-likeness (QED) is 0.0281. The molecule has 7 atom stereocenters. The second-order valence-corrected chi connectivity index (χ2v) is 15.1. The van der Waals surface area contributed by atoms with E-state index in [-0.39, 0.29) is 18.9 Å². The van der Waals surface area contributed by atoms with Crippen LogP contribution in [0, 0.1) is 0 Å². The van der Waals surface area contributed by atoms with Crippen LogP contribution >= 0.6 is 0 Å². The summed E-state index contributed by atoms with van der Waals surface area (Å²) in [5.41, 5.74) is 0. The van der Waals surface area contributed by atoms with Gasteiger partial charge in [-0.05, 0) is 25.7 Å². The van der Waals surface area contributed by atoms with Crippen LogP contribution in [0.2, 0.25) is 0 Å². The van der Waals surface area contributed by atoms with Gasteiger partial charge in [-0.3, -0.25) is 4.79 Å². The molecule has 1 aliphatic rings. The van der Waals surface area contributed by atoms with Gasteiger partial charge in [0.05, 0.1) is 24.4 Å². The monoisotopic (exact) mass is 697 g/mol. The van der Waals surface area contributed by atoms with Crippen molar-refractivity contribution in [2.75, 3.05) is 6.54 Å². The highest BCUT2D eigenvalue weighted by Crippen LogP contribution is 2.18. The zero-order valence-corrected chi connectivity index (χ0v) is 31.8. The van der Waals surface area contributed by atoms with Crippen molar-refractivity contribution in [2.24, 2.45) is 0 Å². The predicted molar refractivity (Wildman–Crippen MR) is 204 cm³/mol. The second-order valence-electron chi connectivity index (χ2n) is 15.1. The second kappa shape index (κ2) is 31.7. The Morgan fingerprint density at radius 2 is 1.12 bits per heavy atom. The molecule has 1 aliphatic carbocycles. The molecular weight excluding hydrogens is 616 g/mol. The fourth-order valence-electron chi connectivity index (χ4n) is 6.98. The number of aliphatic hydroxyl groups is 5. The van der Waals surface area contributed by atoms with Crippen LogP contribution in [0.15, 0.2) is 12.2 Å². The van der Waals surface area contributed by atoms with E-state index in [2.05, 4.69) is 17.6 Å². The van der Waals surface area contributed by atoms with E-state index >= 15 is 0 Å². The zero-order chi connectivity index (χ0) is 36.0. The molecule has 7 N–H and O–H groups in total. The molecule has 0 spiro atoms. The fraction of sp³-hybridized carbons (Fsp3) is 0.927. The molecule has 8 heteroatoms. The minimum Gasteiger partial charge on any atom is -0.393 e. The minimum atomic E-state index is -1.33. The Morgan fingerprint density at radius 1 is 0.673 bits per heavy atom. The lowest BCUT2D eigenvalue weighted by molar-refractivity contribution is -0.123. The van der Waals surface area contributed by atoms with Crippen molar-refractivity contribution in [1.82, 2.24) is 10.6 Å². The molecular formula is C41H80N2O6. The van der Waals surface area contributed by atoms with E-state index in [1.807, 2.05) is 6.92 Å². The summed E-state index contributed by atoms with van der Waals surface area (Å²) < 4.78 is 0. The summed E-state index contributed by atoms with van der Waals surface area (Å²) in [5, 5.41) is 57.9. The van der Waals surface area contributed by atoms with Gasteiger partial charge in [0.2, 0.25) is 5.91 Å². The number of amides is 1. The molecule has 0 saturated carbocycles. The van der Waals surface area contributed by atoms with Crippen LogP contribution in [0.4, 0.5) is 0 Å². The molecule has 290 valence electrons. The van der Waals surface area contributed by atoms with Gasteiger partial charge in [0.15, 0.2) is 0 Å². The Hall–Kier alpha value is -1.03. The maximum Gasteiger partial charge on any atom is 0.220 e. The number of allylic oxidation sites excluding steroid dienone is 1. The standard InChI is InChI=1S/C41H80N2O6/c1-3-5-6-7-8-9-10-11-12-13-14-15-16-17-18-19-20-21-22-23-24-25-26-31-39(47)43-36(38(46)32-34(44)4-2)33-42-35-29-27-28-30-37(45)41(49)40(35)48/h28,30,34-38,40-42,44-46,48-49H,3-27,29,31-33H2,1-2H3,(H,43,47). The summed E-state index contributed by atoms with van der Waals surface area (Å²) in [7, 11) is 0. The van der Waals surface area contributed by atoms with Crippen LogP contribution in [0.5, 0.6) is 0 Å². The Balaban J connectivity index is 2.09. The number of rotatable bonds is 32. The van der Waals surface area contributed by atoms with Crippen LogP contribution in [-0.2, 0) is 4.79 Å². The third-order valence-electron chi connectivity index (χ3n) is 10.5. The average Bonchev–Trinajstić information content (AvgIpc) is 3.09. The lowest BCUT2D eigenvalue weighted by atomic mass is 9.93. The van der Waals surface area contributed by atoms with Gasteiger partial charge in [-0.2, -0.15) is 0 Å². The first-order valence-electron chi connectivity index (χ1n) is 20.9. The van der Waals surface area contributed by atoms with Gasteiger partial charge >= 0.3 is 0 Å². The number of carbonyl (C=O) groups excluding carboxylic acids is 1. The van der Waals surface area contributed by atoms with E-state index < -0.39 is 42.6 Å². The number of hydrogen-bond donors (Lipinski definition) is 7. The molecule has 7 unspecified atom stereocenters. The number of carbonyl (C=O) groups is 1. The summed E-state index contributed by atoms with van der Waals surface area (Å²) in [5.74, 6) is -0.128. The van der Waals surface area contributed by atoms with Crippen LogP contribution in [0.25, 0.3) is 0 Å². The molecule has 0 aromatic rings. The van der Waals surface area contributed by atoms with Crippen molar-refractivity contribution in [3.05, 3.63) is 12.2 Å². The molecule has 0 heterocycles. The van der Waals surface area contributed by atoms with Crippen molar-refractivity contribution in [3.8, 4) is 0 Å². The van der Waals surface area contributed by atoms with Gasteiger partial charge < -0.3 is 36.2 Å². The Morgan fingerprint density at radius 3 is 1.57 bits per heavy atom. The van der Waals surface area contributed by atoms with Crippen LogP contribution in [0.1, 0.15) is 194 Å². The highest BCUT2D eigenvalue weighted by molar-refractivity contribution is 5.76. The van der Waals surface area contributed by atoms with Crippen molar-refractivity contribution in [2.45, 2.75) is 236 Å². The molecule has 0 aromatic carbocycles. The molecule has 0 aromatic heterocycles. The SMILES string of the molecule is CCCCCCCCCCCCCCCCCCCCCCCCCC(=O)NC(CNC1CCC=CC(O)C(O)C1O)C(O)CC(O)CC. The first kappa shape index (κ1) is 46.0. The molecule has 1 amide bonds. The van der Waals surface area contributed by atoms with E-state index in [1.165, 1.54) is 134 Å². The van der Waals surface area contributed by atoms with Gasteiger partial charge in [0.1, 0.15) is 12.2 Å². The Labute approximate surface area is 301 Å². The van der Waals surface area contributed by atoms with E-state index in [0.717, 1.165) is 19.3 Å². The highest BCUT2D eigenvalue weighted by Gasteiger charge is 2.32. The number of unbranched alkanes of at least 4 members (excludes halogenated alkanes) is 22. The predicted octanol–water partition coefficient (Wildman–Crippen LogP) is 7.77. The smallest absolute Gasteiger partial charge is 0.220 e. The third-order valence-corrected chi connectivity index (χ3v) is 10.5. The lowest BCUT2D eigenvalue weighted by Crippen LogP contribution is -2.56. The first-order valence-corrected chi connectivity index (χ1v) is 20.9. The van der Waals surface area contributed by atoms with Crippen LogP contribution in [-0.4, -0.2) is 80.6 Å². The van der Waals surface area contributed by atoms with Crippen molar-refractivity contribution < 1.29 is 30.3 Å². The zero-order valence-electron chi connectivity index (χ0n) is 31.8. The summed E-state index contributed by atoms with van der Waals surface area (Å²) in [6.45, 7) is 4.30. The summed E-state index contributed by atoms with van der Waals surface area (Å²) >= 11 is 0. The summed E-state index contributed by atoms with van der Waals surface area (Å²) in [6, 6.07) is -1.16. The molecule has 1 rings (SSSR count). The fourth-order valence-corrected chi connectivity index (χ4v) is 6.98. The van der Waals surface area contributed by atoms with Gasteiger partial charge in [-0.1, -0.05) is 167 Å². The first-order chi connectivity index (χ1) is 23.8. The Kier molecular flexibility index (Phi) is 29.7. The lowest BCUT2D eigenvalue weighted by Gasteiger charge is -2.33. The van der Waals surface area contributed by atoms with E-state index in [9.17, 15) is 30.3 Å². The van der Waals surface area contributed by atoms with E-state index in [0.29, 0.717) is 25.7 Å². The normalized spacial score (nSPS) is 21.6. The van der Waals surface area contributed by atoms with Crippen molar-refractivity contribution >= 4 is 5.91 Å². The van der Waals surface area contributed by atoms with E-state index in [1.54, 1.807) is 6.08 Å². The molecule has 0 radical (unpaired) electrons. The minimum absolute atomic E-state index is 0.128. The van der Waals surface area contributed by atoms with Crippen LogP contribution < -0.4 is 10.6 Å². The maximum absolute atomic E-state index is 12.8. The third kappa shape index (κ3) is 24.7. The van der Waals surface area contributed by atoms with Gasteiger partial charge in [-0.25, -0.2) is 0 Å². The van der Waals surface area contributed by atoms with Crippen molar-refractivity contribution in [3.63, 3.8) is 0 Å². The van der Waals surface area contributed by atoms with Crippen LogP contribution in [0.3, 0.4) is 0 Å². The molecule has 0 saturated heterocycles. The van der Waals surface area contributed by atoms with Gasteiger partial charge in [-0.15, -0.1) is 0 Å². The van der Waals surface area contributed by atoms with E-state index in [4.69, 9.17) is 0 Å². The largest absolute Gasteiger partial charge is 0.393 e. The number of nitrogens with one attached hydrogen (secondary N) is 2. The topological polar surface area (TPSA) is 142 Å². The summed E-state index contributed by atoms with van der Waals surface area (Å²) in [4.78, 5) is 12.8. The highest BCUT2D eigenvalue weighted by atomic mass is 16.4. The van der Waals surface area contributed by atoms with Gasteiger partial charge in [0, 0.05) is 25.4 Å². The Bertz CT molecular complexity index is 783. The number of aliphatic hydroxyl groups excluding tert-OH is 5. The number of hydrogen-bond acceptors (Lipinski definition) is 7. The molecule has 49 heavy (non-hydrogen) atoms. The molecule has 8 nitrogen and oxygen atoms in total. The molecule has 0 fully saturated rings. The average molecular weight is 697 g/mol.